The number of rotatable bonds is 15. The third-order valence-corrected chi connectivity index (χ3v) is 6.29. The van der Waals surface area contributed by atoms with Crippen molar-refractivity contribution in [1.82, 2.24) is 0 Å². The Labute approximate surface area is 237 Å². The number of unbranched alkanes of at least 4 members (excludes halogenated alkanes) is 2. The fraction of sp³-hybridized carbons (Fsp3) is 0.417. The zero-order chi connectivity index (χ0) is 31.8. The molecule has 0 saturated carbocycles. The summed E-state index contributed by atoms with van der Waals surface area (Å²) in [6.07, 6.45) is -1.96. The van der Waals surface area contributed by atoms with E-state index in [2.05, 4.69) is 0 Å². The molecule has 2 atom stereocenters. The molecule has 42 heavy (non-hydrogen) atoms. The first kappa shape index (κ1) is 33.1. The van der Waals surface area contributed by atoms with Crippen LogP contribution >= 0.6 is 0 Å². The summed E-state index contributed by atoms with van der Waals surface area (Å²) < 4.78 is 10.6. The average molecular weight is 593 g/mol. The first-order valence-corrected chi connectivity index (χ1v) is 12.4. The van der Waals surface area contributed by atoms with Gasteiger partial charge in [-0.3, -0.25) is 40.5 Å². The van der Waals surface area contributed by atoms with E-state index in [0.29, 0.717) is 31.5 Å². The standard InChI is InChI=1S/C24H28N6O12/c1-14(18-8-6-16(27(33)34)12-20(18)29(37)38)41-22(31)24(26,10-4-3-5-11-25)23(32)42-15(2)19-9-7-17(28(35)36)13-21(19)30(39)40/h6-9,12-15H,3-5,10-11,25-26H2,1-2H3. The van der Waals surface area contributed by atoms with Crippen LogP contribution in [0.15, 0.2) is 36.4 Å². The number of nitro groups is 4. The maximum Gasteiger partial charge on any atom is 0.338 e. The predicted molar refractivity (Wildman–Crippen MR) is 143 cm³/mol. The third kappa shape index (κ3) is 7.76. The topological polar surface area (TPSA) is 277 Å². The van der Waals surface area contributed by atoms with E-state index in [1.165, 1.54) is 13.8 Å². The number of carbonyl (C=O) groups excluding carboxylic acids is 2. The number of ether oxygens (including phenoxy) is 2. The molecular formula is C24H28N6O12. The van der Waals surface area contributed by atoms with Crippen molar-refractivity contribution in [1.29, 1.82) is 0 Å². The quantitative estimate of drug-likeness (QED) is 0.0985. The summed E-state index contributed by atoms with van der Waals surface area (Å²) in [4.78, 5) is 68.2. The molecule has 0 fully saturated rings. The van der Waals surface area contributed by atoms with Crippen molar-refractivity contribution in [2.75, 3.05) is 6.54 Å². The number of carbonyl (C=O) groups is 2. The number of esters is 2. The van der Waals surface area contributed by atoms with Crippen LogP contribution in [0.1, 0.15) is 62.9 Å². The van der Waals surface area contributed by atoms with E-state index in [9.17, 15) is 50.0 Å². The number of nitrogens with two attached hydrogens (primary N) is 2. The van der Waals surface area contributed by atoms with Crippen LogP contribution in [-0.2, 0) is 19.1 Å². The lowest BCUT2D eigenvalue weighted by Gasteiger charge is -2.28. The zero-order valence-electron chi connectivity index (χ0n) is 22.5. The van der Waals surface area contributed by atoms with Gasteiger partial charge in [0.2, 0.25) is 5.54 Å². The summed E-state index contributed by atoms with van der Waals surface area (Å²) in [6.45, 7) is 2.78. The lowest BCUT2D eigenvalue weighted by atomic mass is 9.92. The molecule has 0 aliphatic heterocycles. The van der Waals surface area contributed by atoms with E-state index in [1.54, 1.807) is 0 Å². The van der Waals surface area contributed by atoms with Gasteiger partial charge in [-0.15, -0.1) is 0 Å². The Bertz CT molecular complexity index is 1300. The largest absolute Gasteiger partial charge is 0.456 e. The molecule has 2 rings (SSSR count). The van der Waals surface area contributed by atoms with Crippen LogP contribution in [0, 0.1) is 40.5 Å². The van der Waals surface area contributed by atoms with E-state index in [4.69, 9.17) is 20.9 Å². The summed E-state index contributed by atoms with van der Waals surface area (Å²) in [5.41, 5.74) is 6.22. The Balaban J connectivity index is 2.39. The van der Waals surface area contributed by atoms with Crippen molar-refractivity contribution in [3.8, 4) is 0 Å². The maximum absolute atomic E-state index is 13.3. The lowest BCUT2D eigenvalue weighted by Crippen LogP contribution is -2.57. The molecule has 0 bridgehead atoms. The smallest absolute Gasteiger partial charge is 0.338 e. The van der Waals surface area contributed by atoms with E-state index < -0.39 is 72.1 Å². The molecule has 0 aliphatic rings. The first-order valence-electron chi connectivity index (χ1n) is 12.4. The molecule has 2 unspecified atom stereocenters. The Morgan fingerprint density at radius 1 is 0.738 bits per heavy atom. The molecule has 2 aromatic carbocycles. The van der Waals surface area contributed by atoms with Crippen LogP contribution in [0.3, 0.4) is 0 Å². The fourth-order valence-electron chi connectivity index (χ4n) is 3.97. The van der Waals surface area contributed by atoms with Crippen molar-refractivity contribution in [2.45, 2.75) is 57.3 Å². The number of hydrogen-bond acceptors (Lipinski definition) is 14. The molecule has 0 amide bonds. The minimum Gasteiger partial charge on any atom is -0.456 e. The van der Waals surface area contributed by atoms with E-state index in [0.717, 1.165) is 24.3 Å². The van der Waals surface area contributed by atoms with Gasteiger partial charge in [0.1, 0.15) is 12.2 Å². The monoisotopic (exact) mass is 592 g/mol. The highest BCUT2D eigenvalue weighted by Crippen LogP contribution is 2.34. The van der Waals surface area contributed by atoms with Crippen molar-refractivity contribution < 1.29 is 38.8 Å². The number of nitro benzene ring substituents is 4. The highest BCUT2D eigenvalue weighted by molar-refractivity contribution is 6.04. The molecule has 0 spiro atoms. The van der Waals surface area contributed by atoms with Crippen LogP contribution < -0.4 is 11.5 Å². The van der Waals surface area contributed by atoms with Crippen LogP contribution in [0.2, 0.25) is 0 Å². The average Bonchev–Trinajstić information content (AvgIpc) is 2.93. The van der Waals surface area contributed by atoms with Crippen molar-refractivity contribution in [3.05, 3.63) is 88.0 Å². The summed E-state index contributed by atoms with van der Waals surface area (Å²) >= 11 is 0. The van der Waals surface area contributed by atoms with Crippen LogP contribution in [-0.4, -0.2) is 43.7 Å². The van der Waals surface area contributed by atoms with Crippen molar-refractivity contribution in [3.63, 3.8) is 0 Å². The van der Waals surface area contributed by atoms with Gasteiger partial charge in [-0.05, 0) is 45.4 Å². The first-order chi connectivity index (χ1) is 19.6. The molecule has 0 heterocycles. The van der Waals surface area contributed by atoms with Crippen LogP contribution in [0.5, 0.6) is 0 Å². The number of benzene rings is 2. The lowest BCUT2D eigenvalue weighted by molar-refractivity contribution is -0.395. The Kier molecular flexibility index (Phi) is 11.0. The molecule has 18 nitrogen and oxygen atoms in total. The minimum atomic E-state index is -2.48. The minimum absolute atomic E-state index is 0.190. The second-order valence-electron chi connectivity index (χ2n) is 9.18. The second-order valence-corrected chi connectivity index (χ2v) is 9.18. The van der Waals surface area contributed by atoms with Crippen molar-refractivity contribution >= 4 is 34.7 Å². The third-order valence-electron chi connectivity index (χ3n) is 6.29. The molecule has 0 aromatic heterocycles. The maximum atomic E-state index is 13.3. The van der Waals surface area contributed by atoms with Gasteiger partial charge in [0.05, 0.1) is 43.0 Å². The Morgan fingerprint density at radius 2 is 1.14 bits per heavy atom. The van der Waals surface area contributed by atoms with E-state index >= 15 is 0 Å². The van der Waals surface area contributed by atoms with Gasteiger partial charge in [-0.1, -0.05) is 12.8 Å². The normalized spacial score (nSPS) is 13.7. The van der Waals surface area contributed by atoms with Gasteiger partial charge in [0.15, 0.2) is 0 Å². The molecule has 4 N–H and O–H groups in total. The van der Waals surface area contributed by atoms with Gasteiger partial charge in [0, 0.05) is 12.1 Å². The highest BCUT2D eigenvalue weighted by atomic mass is 16.6. The SMILES string of the molecule is CC(OC(=O)C(N)(CCCCCN)C(=O)OC(C)c1ccc([N+](=O)[O-])cc1[N+](=O)[O-])c1ccc([N+](=O)[O-])cc1[N+](=O)[O-]. The van der Waals surface area contributed by atoms with E-state index in [1.807, 2.05) is 0 Å². The molecule has 0 radical (unpaired) electrons. The van der Waals surface area contributed by atoms with Crippen molar-refractivity contribution in [2.24, 2.45) is 11.5 Å². The summed E-state index contributed by atoms with van der Waals surface area (Å²) in [5, 5.41) is 45.1. The predicted octanol–water partition coefficient (Wildman–Crippen LogP) is 3.44. The Morgan fingerprint density at radius 3 is 1.48 bits per heavy atom. The van der Waals surface area contributed by atoms with Gasteiger partial charge < -0.3 is 20.9 Å². The van der Waals surface area contributed by atoms with Gasteiger partial charge in [-0.2, -0.15) is 0 Å². The zero-order valence-corrected chi connectivity index (χ0v) is 22.5. The second kappa shape index (κ2) is 14.0. The molecular weight excluding hydrogens is 564 g/mol. The molecule has 226 valence electrons. The van der Waals surface area contributed by atoms with Gasteiger partial charge in [-0.25, -0.2) is 9.59 Å². The number of hydrogen-bond donors (Lipinski definition) is 2. The van der Waals surface area contributed by atoms with Crippen LogP contribution in [0.25, 0.3) is 0 Å². The molecule has 2 aromatic rings. The summed E-state index contributed by atoms with van der Waals surface area (Å²) in [5.74, 6) is -2.68. The highest BCUT2D eigenvalue weighted by Gasteiger charge is 2.47. The molecule has 18 heteroatoms. The summed E-state index contributed by atoms with van der Waals surface area (Å²) in [6, 6.07) is 5.39. The molecule has 0 aliphatic carbocycles. The van der Waals surface area contributed by atoms with Crippen LogP contribution in [0.4, 0.5) is 22.7 Å². The fourth-order valence-corrected chi connectivity index (χ4v) is 3.97. The number of non-ortho nitro benzene ring substituents is 2. The summed E-state index contributed by atoms with van der Waals surface area (Å²) in [7, 11) is 0. The van der Waals surface area contributed by atoms with Gasteiger partial charge >= 0.3 is 11.9 Å². The molecule has 0 saturated heterocycles. The Hall–Kier alpha value is -5.10. The van der Waals surface area contributed by atoms with E-state index in [-0.39, 0.29) is 24.0 Å². The number of nitrogens with zero attached hydrogens (tertiary/aromatic N) is 4. The van der Waals surface area contributed by atoms with Gasteiger partial charge in [0.25, 0.3) is 22.7 Å².